The molecule has 1 aliphatic rings. The van der Waals surface area contributed by atoms with Gasteiger partial charge in [-0.25, -0.2) is 0 Å². The number of hydrogen-bond acceptors (Lipinski definition) is 6. The Morgan fingerprint density at radius 2 is 2.21 bits per heavy atom. The van der Waals surface area contributed by atoms with Gasteiger partial charge in [0.25, 0.3) is 5.91 Å². The number of carbonyl (C=O) groups is 1. The van der Waals surface area contributed by atoms with E-state index in [0.29, 0.717) is 11.3 Å². The molecule has 1 atom stereocenters. The molecule has 0 saturated carbocycles. The fraction of sp³-hybridized carbons (Fsp3) is 0.353. The summed E-state index contributed by atoms with van der Waals surface area (Å²) in [6.45, 7) is 1.39. The summed E-state index contributed by atoms with van der Waals surface area (Å²) in [6, 6.07) is 5.08. The van der Waals surface area contributed by atoms with Crippen LogP contribution in [0.4, 0.5) is 0 Å². The SMILES string of the molecule is CSc1ccc(C(CO)NC(=O)c2cnc3c(c2)CN(C)C3)nc1. The molecule has 6 nitrogen and oxygen atoms in total. The van der Waals surface area contributed by atoms with Crippen molar-refractivity contribution in [3.8, 4) is 0 Å². The lowest BCUT2D eigenvalue weighted by molar-refractivity contribution is 0.0914. The summed E-state index contributed by atoms with van der Waals surface area (Å²) in [5.41, 5.74) is 3.23. The van der Waals surface area contributed by atoms with Crippen LogP contribution in [0.15, 0.2) is 35.5 Å². The Balaban J connectivity index is 1.73. The molecular weight excluding hydrogens is 324 g/mol. The van der Waals surface area contributed by atoms with Gasteiger partial charge in [-0.1, -0.05) is 0 Å². The van der Waals surface area contributed by atoms with Crippen LogP contribution in [0, 0.1) is 0 Å². The molecule has 0 bridgehead atoms. The average Bonchev–Trinajstić information content (AvgIpc) is 2.98. The molecule has 0 aliphatic carbocycles. The lowest BCUT2D eigenvalue weighted by Gasteiger charge is -2.16. The maximum absolute atomic E-state index is 12.5. The van der Waals surface area contributed by atoms with E-state index in [-0.39, 0.29) is 12.5 Å². The van der Waals surface area contributed by atoms with Crippen LogP contribution in [-0.4, -0.2) is 45.8 Å². The highest BCUT2D eigenvalue weighted by Gasteiger charge is 2.21. The Morgan fingerprint density at radius 1 is 1.38 bits per heavy atom. The van der Waals surface area contributed by atoms with E-state index in [1.165, 1.54) is 0 Å². The van der Waals surface area contributed by atoms with Crippen LogP contribution < -0.4 is 5.32 Å². The molecule has 24 heavy (non-hydrogen) atoms. The van der Waals surface area contributed by atoms with E-state index in [1.807, 2.05) is 31.5 Å². The first-order valence-electron chi connectivity index (χ1n) is 7.68. The van der Waals surface area contributed by atoms with Gasteiger partial charge in [-0.3, -0.25) is 19.7 Å². The molecule has 2 aromatic rings. The van der Waals surface area contributed by atoms with E-state index in [1.54, 1.807) is 24.2 Å². The van der Waals surface area contributed by atoms with E-state index in [0.717, 1.165) is 29.2 Å². The quantitative estimate of drug-likeness (QED) is 0.803. The maximum Gasteiger partial charge on any atom is 0.253 e. The smallest absolute Gasteiger partial charge is 0.253 e. The number of pyridine rings is 2. The van der Waals surface area contributed by atoms with Crippen LogP contribution in [0.2, 0.25) is 0 Å². The Kier molecular flexibility index (Phi) is 5.13. The number of aromatic nitrogens is 2. The summed E-state index contributed by atoms with van der Waals surface area (Å²) >= 11 is 1.59. The average molecular weight is 344 g/mol. The summed E-state index contributed by atoms with van der Waals surface area (Å²) in [7, 11) is 2.02. The third-order valence-corrected chi connectivity index (χ3v) is 4.73. The van der Waals surface area contributed by atoms with Crippen LogP contribution >= 0.6 is 11.8 Å². The molecule has 0 fully saturated rings. The van der Waals surface area contributed by atoms with Crippen LogP contribution in [0.25, 0.3) is 0 Å². The molecule has 2 N–H and O–H groups in total. The zero-order chi connectivity index (χ0) is 17.1. The minimum Gasteiger partial charge on any atom is -0.394 e. The lowest BCUT2D eigenvalue weighted by atomic mass is 10.1. The van der Waals surface area contributed by atoms with Crippen molar-refractivity contribution in [3.63, 3.8) is 0 Å². The van der Waals surface area contributed by atoms with Crippen molar-refractivity contribution in [2.24, 2.45) is 0 Å². The van der Waals surface area contributed by atoms with Gasteiger partial charge in [0.15, 0.2) is 0 Å². The first-order valence-corrected chi connectivity index (χ1v) is 8.91. The van der Waals surface area contributed by atoms with Gasteiger partial charge in [-0.2, -0.15) is 0 Å². The van der Waals surface area contributed by atoms with Gasteiger partial charge in [0.1, 0.15) is 0 Å². The number of rotatable bonds is 5. The second-order valence-electron chi connectivity index (χ2n) is 5.83. The van der Waals surface area contributed by atoms with Gasteiger partial charge >= 0.3 is 0 Å². The number of aliphatic hydroxyl groups excluding tert-OH is 1. The number of amides is 1. The van der Waals surface area contributed by atoms with Gasteiger partial charge in [0.05, 0.1) is 29.6 Å². The Bertz CT molecular complexity index is 736. The molecular formula is C17H20N4O2S. The van der Waals surface area contributed by atoms with Crippen molar-refractivity contribution in [2.45, 2.75) is 24.0 Å². The number of nitrogens with one attached hydrogen (secondary N) is 1. The van der Waals surface area contributed by atoms with Crippen molar-refractivity contribution < 1.29 is 9.90 Å². The summed E-state index contributed by atoms with van der Waals surface area (Å²) < 4.78 is 0. The second-order valence-corrected chi connectivity index (χ2v) is 6.71. The molecule has 3 rings (SSSR count). The van der Waals surface area contributed by atoms with Crippen molar-refractivity contribution in [1.82, 2.24) is 20.2 Å². The van der Waals surface area contributed by atoms with Gasteiger partial charge < -0.3 is 10.4 Å². The van der Waals surface area contributed by atoms with Crippen molar-refractivity contribution in [1.29, 1.82) is 0 Å². The topological polar surface area (TPSA) is 78.3 Å². The summed E-state index contributed by atoms with van der Waals surface area (Å²) in [6.07, 6.45) is 5.30. The number of carbonyl (C=O) groups excluding carboxylic acids is 1. The van der Waals surface area contributed by atoms with E-state index < -0.39 is 6.04 Å². The Morgan fingerprint density at radius 3 is 2.88 bits per heavy atom. The van der Waals surface area contributed by atoms with Crippen molar-refractivity contribution in [3.05, 3.63) is 53.1 Å². The third-order valence-electron chi connectivity index (χ3n) is 4.02. The van der Waals surface area contributed by atoms with Gasteiger partial charge in [0, 0.05) is 30.4 Å². The Hall–Kier alpha value is -1.96. The van der Waals surface area contributed by atoms with E-state index >= 15 is 0 Å². The Labute approximate surface area is 145 Å². The standard InChI is InChI=1S/C17H20N4O2S/c1-21-8-12-5-11(6-18-15(12)9-21)17(23)20-16(10-22)14-4-3-13(24-2)7-19-14/h3-7,16,22H,8-10H2,1-2H3,(H,20,23). The minimum atomic E-state index is -0.538. The van der Waals surface area contributed by atoms with E-state index in [4.69, 9.17) is 0 Å². The molecule has 0 aromatic carbocycles. The molecule has 0 radical (unpaired) electrons. The molecule has 1 unspecified atom stereocenters. The summed E-state index contributed by atoms with van der Waals surface area (Å²) in [5.74, 6) is -0.255. The predicted octanol–water partition coefficient (Wildman–Crippen LogP) is 1.61. The molecule has 126 valence electrons. The molecule has 1 amide bonds. The molecule has 0 saturated heterocycles. The van der Waals surface area contributed by atoms with Gasteiger partial charge in [-0.05, 0) is 37.1 Å². The molecule has 2 aromatic heterocycles. The fourth-order valence-corrected chi connectivity index (χ4v) is 3.08. The van der Waals surface area contributed by atoms with Crippen molar-refractivity contribution in [2.75, 3.05) is 19.9 Å². The summed E-state index contributed by atoms with van der Waals surface area (Å²) in [5, 5.41) is 12.4. The molecule has 1 aliphatic heterocycles. The van der Waals surface area contributed by atoms with E-state index in [2.05, 4.69) is 20.2 Å². The van der Waals surface area contributed by atoms with Gasteiger partial charge in [-0.15, -0.1) is 11.8 Å². The predicted molar refractivity (Wildman–Crippen MR) is 92.7 cm³/mol. The second kappa shape index (κ2) is 7.29. The molecule has 0 spiro atoms. The number of aliphatic hydroxyl groups is 1. The maximum atomic E-state index is 12.5. The number of fused-ring (bicyclic) bond motifs is 1. The van der Waals surface area contributed by atoms with Crippen LogP contribution in [0.5, 0.6) is 0 Å². The lowest BCUT2D eigenvalue weighted by Crippen LogP contribution is -2.31. The zero-order valence-corrected chi connectivity index (χ0v) is 14.5. The largest absolute Gasteiger partial charge is 0.394 e. The van der Waals surface area contributed by atoms with Crippen LogP contribution in [0.1, 0.15) is 33.4 Å². The summed E-state index contributed by atoms with van der Waals surface area (Å²) in [4.78, 5) is 24.4. The normalized spacial score (nSPS) is 15.1. The molecule has 3 heterocycles. The first kappa shape index (κ1) is 16.9. The third kappa shape index (κ3) is 3.58. The highest BCUT2D eigenvalue weighted by atomic mass is 32.2. The van der Waals surface area contributed by atoms with E-state index in [9.17, 15) is 9.90 Å². The van der Waals surface area contributed by atoms with Crippen LogP contribution in [0.3, 0.4) is 0 Å². The molecule has 7 heteroatoms. The fourth-order valence-electron chi connectivity index (χ4n) is 2.72. The monoisotopic (exact) mass is 344 g/mol. The van der Waals surface area contributed by atoms with Crippen molar-refractivity contribution >= 4 is 17.7 Å². The number of nitrogens with zero attached hydrogens (tertiary/aromatic N) is 3. The minimum absolute atomic E-state index is 0.210. The number of thioether (sulfide) groups is 1. The van der Waals surface area contributed by atoms with Crippen LogP contribution in [-0.2, 0) is 13.1 Å². The highest BCUT2D eigenvalue weighted by Crippen LogP contribution is 2.21. The highest BCUT2D eigenvalue weighted by molar-refractivity contribution is 7.98. The first-order chi connectivity index (χ1) is 11.6. The zero-order valence-electron chi connectivity index (χ0n) is 13.7. The van der Waals surface area contributed by atoms with Gasteiger partial charge in [0.2, 0.25) is 0 Å². The number of hydrogen-bond donors (Lipinski definition) is 2.